The Morgan fingerprint density at radius 3 is 1.60 bits per heavy atom. The highest BCUT2D eigenvalue weighted by Crippen LogP contribution is 2.52. The van der Waals surface area contributed by atoms with E-state index < -0.39 is 20.0 Å². The van der Waals surface area contributed by atoms with Crippen LogP contribution in [-0.4, -0.2) is 33.2 Å². The molecular weight excluding hydrogens is 573 g/mol. The fourth-order valence-corrected chi connectivity index (χ4v) is 13.8. The summed E-state index contributed by atoms with van der Waals surface area (Å²) >= 11 is 0. The first kappa shape index (κ1) is 29.0. The molecule has 1 aliphatic heterocycles. The molecule has 0 amide bonds. The highest BCUT2D eigenvalue weighted by atomic mass is 28.3. The lowest BCUT2D eigenvalue weighted by Gasteiger charge is -2.45. The van der Waals surface area contributed by atoms with Crippen LogP contribution >= 0.6 is 0 Å². The zero-order chi connectivity index (χ0) is 31.5. The first-order valence-electron chi connectivity index (χ1n) is 15.7. The fourth-order valence-electron chi connectivity index (χ4n) is 7.79. The molecule has 0 saturated carbocycles. The molecule has 3 aliphatic carbocycles. The lowest BCUT2D eigenvalue weighted by Crippen LogP contribution is -2.73. The van der Waals surface area contributed by atoms with Gasteiger partial charge in [0.2, 0.25) is 0 Å². The Morgan fingerprint density at radius 2 is 1.04 bits per heavy atom. The highest BCUT2D eigenvalue weighted by molar-refractivity contribution is 7.14. The van der Waals surface area contributed by atoms with Gasteiger partial charge in [0.15, 0.2) is 8.07 Å². The van der Waals surface area contributed by atoms with E-state index in [0.29, 0.717) is 22.3 Å². The van der Waals surface area contributed by atoms with Crippen molar-refractivity contribution in [3.63, 3.8) is 0 Å². The summed E-state index contributed by atoms with van der Waals surface area (Å²) in [5.74, 6) is -0.887. The summed E-state index contributed by atoms with van der Waals surface area (Å²) in [5, 5.41) is 4.11. The summed E-state index contributed by atoms with van der Waals surface area (Å²) in [7, 11) is -2.65. The average molecular weight is 609 g/mol. The predicted octanol–water partition coefficient (Wildman–Crippen LogP) is 7.05. The number of fused-ring (bicyclic) bond motifs is 8. The normalized spacial score (nSPS) is 16.5. The molecule has 0 saturated heterocycles. The predicted molar refractivity (Wildman–Crippen MR) is 184 cm³/mol. The maximum Gasteiger partial charge on any atom is 0.338 e. The monoisotopic (exact) mass is 608 g/mol. The SMILES string of the molecule is CCOC(=O)c1cc(C(=O)OCC)c2cc3c(ccc1-2)C1=C3c2ccccc2[Si@@](c2ccccc2)(C(C)(C)C)c2ccccc21. The van der Waals surface area contributed by atoms with Gasteiger partial charge in [0.25, 0.3) is 0 Å². The molecule has 0 radical (unpaired) electrons. The first-order valence-corrected chi connectivity index (χ1v) is 17.7. The van der Waals surface area contributed by atoms with Crippen LogP contribution in [0.1, 0.15) is 77.6 Å². The van der Waals surface area contributed by atoms with Crippen LogP contribution in [0.5, 0.6) is 0 Å². The summed E-state index contributed by atoms with van der Waals surface area (Å²) in [5.41, 5.74) is 9.22. The number of hydrogen-bond acceptors (Lipinski definition) is 4. The minimum Gasteiger partial charge on any atom is -0.462 e. The van der Waals surface area contributed by atoms with Crippen LogP contribution in [0.4, 0.5) is 0 Å². The van der Waals surface area contributed by atoms with E-state index in [2.05, 4.69) is 112 Å². The molecule has 4 nitrogen and oxygen atoms in total. The van der Waals surface area contributed by atoms with E-state index in [1.807, 2.05) is 6.07 Å². The molecule has 0 N–H and O–H groups in total. The molecule has 0 bridgehead atoms. The van der Waals surface area contributed by atoms with Gasteiger partial charge in [0.05, 0.1) is 24.3 Å². The second-order valence-electron chi connectivity index (χ2n) is 12.8. The van der Waals surface area contributed by atoms with Crippen molar-refractivity contribution in [1.29, 1.82) is 0 Å². The van der Waals surface area contributed by atoms with Gasteiger partial charge in [-0.3, -0.25) is 0 Å². The number of esters is 2. The number of benzene rings is 3. The van der Waals surface area contributed by atoms with Crippen LogP contribution in [-0.2, 0) is 9.47 Å². The van der Waals surface area contributed by atoms with Crippen molar-refractivity contribution in [2.45, 2.75) is 39.7 Å². The van der Waals surface area contributed by atoms with Crippen LogP contribution in [0, 0.1) is 0 Å². The lowest BCUT2D eigenvalue weighted by molar-refractivity contribution is 0.0525. The molecule has 1 heterocycles. The minimum atomic E-state index is -2.65. The van der Waals surface area contributed by atoms with E-state index in [1.54, 1.807) is 19.9 Å². The van der Waals surface area contributed by atoms with Crippen molar-refractivity contribution in [3.05, 3.63) is 137 Å². The van der Waals surface area contributed by atoms with Gasteiger partial charge in [-0.2, -0.15) is 0 Å². The molecule has 4 aliphatic rings. The molecule has 5 heteroatoms. The topological polar surface area (TPSA) is 52.6 Å². The van der Waals surface area contributed by atoms with Crippen LogP contribution in [0.15, 0.2) is 103 Å². The van der Waals surface area contributed by atoms with E-state index in [4.69, 9.17) is 9.47 Å². The molecule has 45 heavy (non-hydrogen) atoms. The summed E-state index contributed by atoms with van der Waals surface area (Å²) in [6.07, 6.45) is 0. The highest BCUT2D eigenvalue weighted by Gasteiger charge is 2.54. The van der Waals surface area contributed by atoms with Gasteiger partial charge in [-0.25, -0.2) is 9.59 Å². The van der Waals surface area contributed by atoms with Crippen molar-refractivity contribution in [1.82, 2.24) is 0 Å². The fraction of sp³-hybridized carbons (Fsp3) is 0.200. The lowest BCUT2D eigenvalue weighted by atomic mass is 9.75. The molecule has 3 aromatic rings. The van der Waals surface area contributed by atoms with E-state index in [9.17, 15) is 9.59 Å². The van der Waals surface area contributed by atoms with Crippen molar-refractivity contribution in [3.8, 4) is 11.1 Å². The first-order chi connectivity index (χ1) is 21.7. The molecule has 0 spiro atoms. The van der Waals surface area contributed by atoms with E-state index in [-0.39, 0.29) is 18.3 Å². The molecule has 7 rings (SSSR count). The molecule has 1 atom stereocenters. The largest absolute Gasteiger partial charge is 0.462 e. The zero-order valence-corrected chi connectivity index (χ0v) is 27.4. The molecular formula is C40H36O4Si. The number of carbonyl (C=O) groups is 2. The summed E-state index contributed by atoms with van der Waals surface area (Å²) in [4.78, 5) is 26.3. The number of hydrogen-bond donors (Lipinski definition) is 0. The molecule has 3 aromatic carbocycles. The third-order valence-corrected chi connectivity index (χ3v) is 15.4. The third-order valence-electron chi connectivity index (χ3n) is 9.47. The van der Waals surface area contributed by atoms with Crippen LogP contribution in [0.3, 0.4) is 0 Å². The van der Waals surface area contributed by atoms with Gasteiger partial charge < -0.3 is 9.47 Å². The minimum absolute atomic E-state index is 0.0626. The van der Waals surface area contributed by atoms with Crippen molar-refractivity contribution in [2.75, 3.05) is 13.2 Å². The summed E-state index contributed by atoms with van der Waals surface area (Å²) in [6, 6.07) is 36.7. The van der Waals surface area contributed by atoms with Gasteiger partial charge in [-0.1, -0.05) is 112 Å². The summed E-state index contributed by atoms with van der Waals surface area (Å²) < 4.78 is 10.9. The van der Waals surface area contributed by atoms with Crippen molar-refractivity contribution in [2.24, 2.45) is 0 Å². The number of rotatable bonds is 5. The Balaban J connectivity index is 1.57. The standard InChI is InChI=1S/C40H36O4Si/c1-6-43-38(41)32-24-33(39(42)44-7-2)30-23-31-27(22-21-26(30)32)36-28-17-11-13-19-34(28)45(40(3,4)5,25-15-9-8-10-16-25)35-20-14-12-18-29(35)37(31)36/h8-24H,6-7H2,1-5H3/t45-/m0/s1. The van der Waals surface area contributed by atoms with E-state index in [1.165, 1.54) is 37.8 Å². The maximum absolute atomic E-state index is 13.2. The van der Waals surface area contributed by atoms with E-state index in [0.717, 1.165) is 11.1 Å². The Kier molecular flexibility index (Phi) is 6.90. The van der Waals surface area contributed by atoms with Gasteiger partial charge >= 0.3 is 11.9 Å². The van der Waals surface area contributed by atoms with Gasteiger partial charge in [0.1, 0.15) is 0 Å². The molecule has 0 aromatic heterocycles. The molecule has 0 fully saturated rings. The van der Waals surface area contributed by atoms with Gasteiger partial charge in [0, 0.05) is 0 Å². The van der Waals surface area contributed by atoms with E-state index >= 15 is 0 Å². The zero-order valence-electron chi connectivity index (χ0n) is 26.4. The maximum atomic E-state index is 13.2. The van der Waals surface area contributed by atoms with Crippen molar-refractivity contribution >= 4 is 46.7 Å². The second-order valence-corrected chi connectivity index (χ2v) is 17.4. The quantitative estimate of drug-likeness (QED) is 0.156. The smallest absolute Gasteiger partial charge is 0.338 e. The molecule has 0 unspecified atom stereocenters. The number of carbonyl (C=O) groups excluding carboxylic acids is 2. The van der Waals surface area contributed by atoms with Crippen LogP contribution < -0.4 is 15.6 Å². The molecule has 224 valence electrons. The van der Waals surface area contributed by atoms with Crippen LogP contribution in [0.25, 0.3) is 22.3 Å². The summed E-state index contributed by atoms with van der Waals surface area (Å²) in [6.45, 7) is 11.3. The van der Waals surface area contributed by atoms with Gasteiger partial charge in [-0.05, 0) is 91.1 Å². The Bertz CT molecular complexity index is 2000. The Labute approximate surface area is 265 Å². The van der Waals surface area contributed by atoms with Crippen molar-refractivity contribution < 1.29 is 19.1 Å². The average Bonchev–Trinajstić information content (AvgIpc) is 3.25. The van der Waals surface area contributed by atoms with Crippen LogP contribution in [0.2, 0.25) is 5.04 Å². The Morgan fingerprint density at radius 1 is 0.556 bits per heavy atom. The second kappa shape index (κ2) is 10.7. The number of ether oxygens (including phenoxy) is 2. The van der Waals surface area contributed by atoms with Gasteiger partial charge in [-0.15, -0.1) is 0 Å². The Hall–Kier alpha value is -4.74. The third kappa shape index (κ3) is 4.10.